The molecule has 0 aliphatic rings. The molecule has 2 aromatic rings. The van der Waals surface area contributed by atoms with Crippen molar-refractivity contribution in [3.05, 3.63) is 36.2 Å². The van der Waals surface area contributed by atoms with Crippen molar-refractivity contribution >= 4 is 11.6 Å². The van der Waals surface area contributed by atoms with Crippen molar-refractivity contribution in [2.45, 2.75) is 26.3 Å². The minimum Gasteiger partial charge on any atom is -0.397 e. The van der Waals surface area contributed by atoms with Gasteiger partial charge in [-0.25, -0.2) is 4.98 Å². The maximum atomic E-state index is 11.8. The molecule has 0 aliphatic carbocycles. The maximum Gasteiger partial charge on any atom is 0.269 e. The molecule has 7 nitrogen and oxygen atoms in total. The number of aromatic nitrogens is 4. The lowest BCUT2D eigenvalue weighted by Gasteiger charge is -2.09. The second-order valence-corrected chi connectivity index (χ2v) is 4.77. The molecule has 0 fully saturated rings. The molecule has 20 heavy (non-hydrogen) atoms. The summed E-state index contributed by atoms with van der Waals surface area (Å²) in [4.78, 5) is 15.8. The highest BCUT2D eigenvalue weighted by atomic mass is 16.1. The summed E-state index contributed by atoms with van der Waals surface area (Å²) in [7, 11) is 0. The lowest BCUT2D eigenvalue weighted by Crippen LogP contribution is -2.28. The predicted molar refractivity (Wildman–Crippen MR) is 75.1 cm³/mol. The number of nitrogens with zero attached hydrogens (tertiary/aromatic N) is 4. The first-order chi connectivity index (χ1) is 9.58. The average Bonchev–Trinajstić information content (AvgIpc) is 2.88. The molecule has 0 radical (unpaired) electrons. The number of carbonyl (C=O) groups is 1. The van der Waals surface area contributed by atoms with Gasteiger partial charge in [0.25, 0.3) is 5.91 Å². The molecule has 0 atom stereocenters. The summed E-state index contributed by atoms with van der Waals surface area (Å²) >= 11 is 0. The average molecular weight is 274 g/mol. The van der Waals surface area contributed by atoms with Gasteiger partial charge >= 0.3 is 0 Å². The van der Waals surface area contributed by atoms with Crippen LogP contribution in [-0.4, -0.2) is 32.2 Å². The Morgan fingerprint density at radius 3 is 2.90 bits per heavy atom. The SMILES string of the molecule is CC(C)c1nncn1CCNC(=O)c1ccc(N)cn1. The predicted octanol–water partition coefficient (Wildman–Crippen LogP) is 0.809. The molecule has 0 spiro atoms. The zero-order valence-corrected chi connectivity index (χ0v) is 11.6. The van der Waals surface area contributed by atoms with Crippen molar-refractivity contribution in [2.24, 2.45) is 0 Å². The minimum atomic E-state index is -0.218. The summed E-state index contributed by atoms with van der Waals surface area (Å²) in [5, 5.41) is 10.7. The van der Waals surface area contributed by atoms with E-state index in [4.69, 9.17) is 5.73 Å². The number of pyridine rings is 1. The molecule has 2 rings (SSSR count). The highest BCUT2D eigenvalue weighted by Gasteiger charge is 2.09. The number of carbonyl (C=O) groups excluding carboxylic acids is 1. The van der Waals surface area contributed by atoms with Crippen molar-refractivity contribution in [1.29, 1.82) is 0 Å². The monoisotopic (exact) mass is 274 g/mol. The molecule has 0 unspecified atom stereocenters. The molecule has 3 N–H and O–H groups in total. The topological polar surface area (TPSA) is 98.7 Å². The van der Waals surface area contributed by atoms with Gasteiger partial charge in [0.15, 0.2) is 0 Å². The molecule has 2 aromatic heterocycles. The molecule has 1 amide bonds. The quantitative estimate of drug-likeness (QED) is 0.840. The molecule has 0 bridgehead atoms. The van der Waals surface area contributed by atoms with Crippen molar-refractivity contribution in [3.8, 4) is 0 Å². The van der Waals surface area contributed by atoms with Gasteiger partial charge in [0.2, 0.25) is 0 Å². The van der Waals surface area contributed by atoms with Gasteiger partial charge in [-0.3, -0.25) is 4.79 Å². The van der Waals surface area contributed by atoms with E-state index in [0.717, 1.165) is 5.82 Å². The first-order valence-electron chi connectivity index (χ1n) is 6.45. The molecule has 106 valence electrons. The van der Waals surface area contributed by atoms with Crippen LogP contribution in [0.3, 0.4) is 0 Å². The summed E-state index contributed by atoms with van der Waals surface area (Å²) in [5.74, 6) is 0.987. The fourth-order valence-corrected chi connectivity index (χ4v) is 1.80. The van der Waals surface area contributed by atoms with Gasteiger partial charge in [0.05, 0.1) is 11.9 Å². The van der Waals surface area contributed by atoms with Gasteiger partial charge < -0.3 is 15.6 Å². The Morgan fingerprint density at radius 2 is 2.25 bits per heavy atom. The van der Waals surface area contributed by atoms with Crippen LogP contribution in [-0.2, 0) is 6.54 Å². The van der Waals surface area contributed by atoms with Crippen LogP contribution in [0.4, 0.5) is 5.69 Å². The van der Waals surface area contributed by atoms with Crippen molar-refractivity contribution in [2.75, 3.05) is 12.3 Å². The molecular weight excluding hydrogens is 256 g/mol. The normalized spacial score (nSPS) is 10.8. The van der Waals surface area contributed by atoms with Crippen molar-refractivity contribution in [1.82, 2.24) is 25.1 Å². The standard InChI is InChI=1S/C13H18N6O/c1-9(2)12-18-17-8-19(12)6-5-15-13(20)11-4-3-10(14)7-16-11/h3-4,7-9H,5-6,14H2,1-2H3,(H,15,20). The van der Waals surface area contributed by atoms with Gasteiger partial charge in [0, 0.05) is 19.0 Å². The Morgan fingerprint density at radius 1 is 1.45 bits per heavy atom. The van der Waals surface area contributed by atoms with E-state index >= 15 is 0 Å². The zero-order valence-electron chi connectivity index (χ0n) is 11.6. The van der Waals surface area contributed by atoms with Crippen LogP contribution in [0.1, 0.15) is 36.1 Å². The molecule has 0 saturated heterocycles. The van der Waals surface area contributed by atoms with Gasteiger partial charge in [-0.15, -0.1) is 10.2 Å². The Kier molecular flexibility index (Phi) is 4.29. The summed E-state index contributed by atoms with van der Waals surface area (Å²) in [5.41, 5.74) is 6.41. The third kappa shape index (κ3) is 3.31. The fraction of sp³-hybridized carbons (Fsp3) is 0.385. The second kappa shape index (κ2) is 6.14. The lowest BCUT2D eigenvalue weighted by molar-refractivity contribution is 0.0947. The Bertz CT molecular complexity index is 575. The number of rotatable bonds is 5. The highest BCUT2D eigenvalue weighted by molar-refractivity contribution is 5.92. The molecule has 0 aromatic carbocycles. The largest absolute Gasteiger partial charge is 0.397 e. The third-order valence-electron chi connectivity index (χ3n) is 2.82. The number of nitrogens with two attached hydrogens (primary N) is 1. The van der Waals surface area contributed by atoms with Gasteiger partial charge in [-0.2, -0.15) is 0 Å². The number of hydrogen-bond acceptors (Lipinski definition) is 5. The van der Waals surface area contributed by atoms with Crippen LogP contribution in [0.15, 0.2) is 24.7 Å². The van der Waals surface area contributed by atoms with E-state index in [2.05, 4.69) is 34.3 Å². The van der Waals surface area contributed by atoms with Crippen LogP contribution < -0.4 is 11.1 Å². The van der Waals surface area contributed by atoms with Crippen molar-refractivity contribution < 1.29 is 4.79 Å². The van der Waals surface area contributed by atoms with Crippen molar-refractivity contribution in [3.63, 3.8) is 0 Å². The van der Waals surface area contributed by atoms with E-state index in [-0.39, 0.29) is 5.91 Å². The van der Waals surface area contributed by atoms with E-state index in [9.17, 15) is 4.79 Å². The Labute approximate surface area is 117 Å². The van der Waals surface area contributed by atoms with E-state index in [1.54, 1.807) is 18.5 Å². The van der Waals surface area contributed by atoms with E-state index in [0.29, 0.717) is 30.4 Å². The Hall–Kier alpha value is -2.44. The highest BCUT2D eigenvalue weighted by Crippen LogP contribution is 2.09. The smallest absolute Gasteiger partial charge is 0.269 e. The molecule has 2 heterocycles. The van der Waals surface area contributed by atoms with Crippen LogP contribution in [0.2, 0.25) is 0 Å². The first-order valence-corrected chi connectivity index (χ1v) is 6.45. The third-order valence-corrected chi connectivity index (χ3v) is 2.82. The first kappa shape index (κ1) is 14.0. The zero-order chi connectivity index (χ0) is 14.5. The molecular formula is C13H18N6O. The number of amides is 1. The van der Waals surface area contributed by atoms with Crippen LogP contribution in [0.5, 0.6) is 0 Å². The number of hydrogen-bond donors (Lipinski definition) is 2. The lowest BCUT2D eigenvalue weighted by atomic mass is 10.2. The summed E-state index contributed by atoms with van der Waals surface area (Å²) in [6, 6.07) is 3.25. The fourth-order valence-electron chi connectivity index (χ4n) is 1.80. The number of nitrogens with one attached hydrogen (secondary N) is 1. The maximum absolute atomic E-state index is 11.8. The van der Waals surface area contributed by atoms with Gasteiger partial charge in [-0.1, -0.05) is 13.8 Å². The van der Waals surface area contributed by atoms with Gasteiger partial charge in [0.1, 0.15) is 17.8 Å². The van der Waals surface area contributed by atoms with Gasteiger partial charge in [-0.05, 0) is 12.1 Å². The van der Waals surface area contributed by atoms with E-state index in [1.165, 1.54) is 6.20 Å². The second-order valence-electron chi connectivity index (χ2n) is 4.77. The Balaban J connectivity index is 1.88. The van der Waals surface area contributed by atoms with Crippen LogP contribution in [0, 0.1) is 0 Å². The minimum absolute atomic E-state index is 0.218. The summed E-state index contributed by atoms with van der Waals surface area (Å²) in [6.45, 7) is 5.22. The van der Waals surface area contributed by atoms with E-state index in [1.807, 2.05) is 4.57 Å². The molecule has 0 saturated carbocycles. The molecule has 0 aliphatic heterocycles. The molecule has 7 heteroatoms. The van der Waals surface area contributed by atoms with Crippen LogP contribution >= 0.6 is 0 Å². The number of anilines is 1. The van der Waals surface area contributed by atoms with Crippen LogP contribution in [0.25, 0.3) is 0 Å². The number of nitrogen functional groups attached to an aromatic ring is 1. The summed E-state index contributed by atoms with van der Waals surface area (Å²) in [6.07, 6.45) is 3.13. The summed E-state index contributed by atoms with van der Waals surface area (Å²) < 4.78 is 1.93. The van der Waals surface area contributed by atoms with E-state index < -0.39 is 0 Å².